The van der Waals surface area contributed by atoms with E-state index in [-0.39, 0.29) is 11.7 Å². The minimum absolute atomic E-state index is 0.00751. The molecular formula is C10H13BrN2O3S. The quantitative estimate of drug-likeness (QED) is 0.668. The van der Waals surface area contributed by atoms with Crippen molar-refractivity contribution in [3.8, 4) is 0 Å². The maximum absolute atomic E-state index is 11.0. The molecule has 0 radical (unpaired) electrons. The van der Waals surface area contributed by atoms with Gasteiger partial charge in [0.2, 0.25) is 0 Å². The lowest BCUT2D eigenvalue weighted by molar-refractivity contribution is -0.384. The Morgan fingerprint density at radius 3 is 2.76 bits per heavy atom. The van der Waals surface area contributed by atoms with E-state index in [1.54, 1.807) is 18.4 Å². The van der Waals surface area contributed by atoms with Gasteiger partial charge in [0, 0.05) is 39.4 Å². The van der Waals surface area contributed by atoms with Crippen molar-refractivity contribution in [2.45, 2.75) is 13.0 Å². The van der Waals surface area contributed by atoms with E-state index in [2.05, 4.69) is 21.2 Å². The lowest BCUT2D eigenvalue weighted by Gasteiger charge is -2.13. The normalized spacial score (nSPS) is 14.1. The van der Waals surface area contributed by atoms with Crippen molar-refractivity contribution in [3.05, 3.63) is 32.8 Å². The molecule has 1 aromatic carbocycles. The Balaban J connectivity index is 2.90. The van der Waals surface area contributed by atoms with Crippen LogP contribution in [0.2, 0.25) is 0 Å². The van der Waals surface area contributed by atoms with Crippen LogP contribution in [0.1, 0.15) is 6.92 Å². The summed E-state index contributed by atoms with van der Waals surface area (Å²) in [6, 6.07) is 4.72. The zero-order valence-electron chi connectivity index (χ0n) is 9.47. The molecule has 7 heteroatoms. The molecule has 0 saturated carbocycles. The number of nitro groups is 1. The van der Waals surface area contributed by atoms with Crippen molar-refractivity contribution < 1.29 is 9.13 Å². The van der Waals surface area contributed by atoms with Crippen LogP contribution >= 0.6 is 15.9 Å². The molecule has 0 saturated heterocycles. The molecule has 17 heavy (non-hydrogen) atoms. The Morgan fingerprint density at radius 1 is 1.59 bits per heavy atom. The fourth-order valence-electron chi connectivity index (χ4n) is 1.44. The van der Waals surface area contributed by atoms with Crippen molar-refractivity contribution in [1.82, 2.24) is 0 Å². The van der Waals surface area contributed by atoms with Gasteiger partial charge in [0.15, 0.2) is 0 Å². The zero-order chi connectivity index (χ0) is 13.0. The Hall–Kier alpha value is -0.950. The first-order valence-electron chi connectivity index (χ1n) is 4.90. The summed E-state index contributed by atoms with van der Waals surface area (Å²) in [5.74, 6) is 0.452. The molecule has 0 aliphatic rings. The van der Waals surface area contributed by atoms with Crippen LogP contribution in [0.3, 0.4) is 0 Å². The summed E-state index contributed by atoms with van der Waals surface area (Å²) >= 11 is 3.19. The summed E-state index contributed by atoms with van der Waals surface area (Å²) in [7, 11) is -0.933. The SMILES string of the molecule is CC(CS(C)=O)Nc1ccc(Br)cc1[N+](=O)[O-]. The Labute approximate surface area is 110 Å². The van der Waals surface area contributed by atoms with Gasteiger partial charge >= 0.3 is 0 Å². The number of nitrogens with zero attached hydrogens (tertiary/aromatic N) is 1. The maximum atomic E-state index is 11.0. The first kappa shape index (κ1) is 14.1. The molecule has 0 aromatic heterocycles. The fraction of sp³-hybridized carbons (Fsp3) is 0.400. The van der Waals surface area contributed by atoms with Gasteiger partial charge in [-0.05, 0) is 19.1 Å². The lowest BCUT2D eigenvalue weighted by Crippen LogP contribution is -2.22. The van der Waals surface area contributed by atoms with Gasteiger partial charge in [0.05, 0.1) is 4.92 Å². The first-order chi connectivity index (χ1) is 7.90. The Morgan fingerprint density at radius 2 is 2.24 bits per heavy atom. The van der Waals surface area contributed by atoms with Crippen molar-refractivity contribution >= 4 is 38.1 Å². The number of halogens is 1. The van der Waals surface area contributed by atoms with Crippen LogP contribution in [-0.2, 0) is 10.8 Å². The number of hydrogen-bond acceptors (Lipinski definition) is 4. The summed E-state index contributed by atoms with van der Waals surface area (Å²) in [5, 5.41) is 13.9. The highest BCUT2D eigenvalue weighted by atomic mass is 79.9. The third kappa shape index (κ3) is 4.43. The van der Waals surface area contributed by atoms with Crippen LogP contribution in [-0.4, -0.2) is 27.2 Å². The van der Waals surface area contributed by atoms with Crippen LogP contribution in [0, 0.1) is 10.1 Å². The van der Waals surface area contributed by atoms with Crippen molar-refractivity contribution in [2.24, 2.45) is 0 Å². The molecule has 2 unspecified atom stereocenters. The third-order valence-electron chi connectivity index (χ3n) is 2.04. The molecule has 0 aliphatic carbocycles. The minimum atomic E-state index is -0.933. The van der Waals surface area contributed by atoms with Crippen molar-refractivity contribution in [1.29, 1.82) is 0 Å². The molecule has 1 rings (SSSR count). The van der Waals surface area contributed by atoms with E-state index in [1.165, 1.54) is 6.07 Å². The first-order valence-corrected chi connectivity index (χ1v) is 7.42. The summed E-state index contributed by atoms with van der Waals surface area (Å²) in [6.07, 6.45) is 1.61. The Bertz CT molecular complexity index is 453. The smallest absolute Gasteiger partial charge is 0.293 e. The molecule has 0 fully saturated rings. The third-order valence-corrected chi connectivity index (χ3v) is 3.51. The predicted octanol–water partition coefficient (Wildman–Crippen LogP) is 2.54. The minimum Gasteiger partial charge on any atom is -0.376 e. The van der Waals surface area contributed by atoms with E-state index in [0.29, 0.717) is 15.9 Å². The molecule has 0 aliphatic heterocycles. The molecule has 1 N–H and O–H groups in total. The second kappa shape index (κ2) is 6.11. The average Bonchev–Trinajstić information content (AvgIpc) is 2.19. The molecule has 2 atom stereocenters. The number of benzene rings is 1. The van der Waals surface area contributed by atoms with Crippen LogP contribution in [0.25, 0.3) is 0 Å². The molecule has 5 nitrogen and oxygen atoms in total. The summed E-state index contributed by atoms with van der Waals surface area (Å²) in [6.45, 7) is 1.84. The van der Waals surface area contributed by atoms with E-state index in [0.717, 1.165) is 0 Å². The van der Waals surface area contributed by atoms with Crippen molar-refractivity contribution in [2.75, 3.05) is 17.3 Å². The van der Waals surface area contributed by atoms with Gasteiger partial charge in [0.1, 0.15) is 5.69 Å². The molecule has 0 heterocycles. The number of hydrogen-bond donors (Lipinski definition) is 1. The van der Waals surface area contributed by atoms with Gasteiger partial charge in [-0.1, -0.05) is 15.9 Å². The monoisotopic (exact) mass is 320 g/mol. The van der Waals surface area contributed by atoms with Gasteiger partial charge in [-0.3, -0.25) is 14.3 Å². The van der Waals surface area contributed by atoms with Crippen LogP contribution in [0.15, 0.2) is 22.7 Å². The Kier molecular flexibility index (Phi) is 5.07. The molecule has 94 valence electrons. The summed E-state index contributed by atoms with van der Waals surface area (Å²) in [5.41, 5.74) is 0.448. The van der Waals surface area contributed by atoms with Gasteiger partial charge < -0.3 is 5.32 Å². The van der Waals surface area contributed by atoms with E-state index in [1.807, 2.05) is 6.92 Å². The summed E-state index contributed by atoms with van der Waals surface area (Å²) in [4.78, 5) is 10.4. The van der Waals surface area contributed by atoms with E-state index in [4.69, 9.17) is 0 Å². The van der Waals surface area contributed by atoms with Crippen molar-refractivity contribution in [3.63, 3.8) is 0 Å². The van der Waals surface area contributed by atoms with E-state index >= 15 is 0 Å². The second-order valence-corrected chi connectivity index (χ2v) is 6.10. The van der Waals surface area contributed by atoms with E-state index < -0.39 is 15.7 Å². The van der Waals surface area contributed by atoms with Gasteiger partial charge in [-0.2, -0.15) is 0 Å². The topological polar surface area (TPSA) is 72.2 Å². The number of anilines is 1. The highest BCUT2D eigenvalue weighted by Crippen LogP contribution is 2.28. The second-order valence-electron chi connectivity index (χ2n) is 3.70. The lowest BCUT2D eigenvalue weighted by atomic mass is 10.2. The molecular weight excluding hydrogens is 308 g/mol. The van der Waals surface area contributed by atoms with Gasteiger partial charge in [-0.25, -0.2) is 0 Å². The number of rotatable bonds is 5. The zero-order valence-corrected chi connectivity index (χ0v) is 11.9. The predicted molar refractivity (Wildman–Crippen MR) is 72.8 cm³/mol. The maximum Gasteiger partial charge on any atom is 0.293 e. The highest BCUT2D eigenvalue weighted by Gasteiger charge is 2.16. The molecule has 1 aromatic rings. The summed E-state index contributed by atoms with van der Waals surface area (Å²) < 4.78 is 11.7. The van der Waals surface area contributed by atoms with Gasteiger partial charge in [0.25, 0.3) is 5.69 Å². The average molecular weight is 321 g/mol. The number of nitrogens with one attached hydrogen (secondary N) is 1. The van der Waals surface area contributed by atoms with Crippen LogP contribution in [0.4, 0.5) is 11.4 Å². The number of nitro benzene ring substituents is 1. The molecule has 0 amide bonds. The van der Waals surface area contributed by atoms with E-state index in [9.17, 15) is 14.3 Å². The fourth-order valence-corrected chi connectivity index (χ4v) is 2.57. The largest absolute Gasteiger partial charge is 0.376 e. The van der Waals surface area contributed by atoms with Gasteiger partial charge in [-0.15, -0.1) is 0 Å². The standard InChI is InChI=1S/C10H13BrN2O3S/c1-7(6-17(2)16)12-9-4-3-8(11)5-10(9)13(14)15/h3-5,7,12H,6H2,1-2H3. The highest BCUT2D eigenvalue weighted by molar-refractivity contribution is 9.10. The van der Waals surface area contributed by atoms with Crippen LogP contribution in [0.5, 0.6) is 0 Å². The van der Waals surface area contributed by atoms with Crippen LogP contribution < -0.4 is 5.32 Å². The molecule has 0 spiro atoms. The molecule has 0 bridgehead atoms.